The van der Waals surface area contributed by atoms with Crippen LogP contribution in [-0.4, -0.2) is 59.3 Å². The Morgan fingerprint density at radius 2 is 2.09 bits per heavy atom. The summed E-state index contributed by atoms with van der Waals surface area (Å²) in [4.78, 5) is 8.98. The van der Waals surface area contributed by atoms with Crippen LogP contribution in [0.4, 0.5) is 0 Å². The van der Waals surface area contributed by atoms with Crippen LogP contribution in [0, 0.1) is 5.92 Å². The molecule has 1 aliphatic heterocycles. The Labute approximate surface area is 150 Å². The van der Waals surface area contributed by atoms with Gasteiger partial charge in [0, 0.05) is 31.9 Å². The fourth-order valence-electron chi connectivity index (χ4n) is 2.70. The first-order chi connectivity index (χ1) is 9.97. The van der Waals surface area contributed by atoms with Gasteiger partial charge in [-0.25, -0.2) is 0 Å². The molecule has 0 bridgehead atoms. The van der Waals surface area contributed by atoms with Crippen LogP contribution in [0.3, 0.4) is 0 Å². The molecular formula is C15H29IN6. The Bertz CT molecular complexity index is 476. The molecule has 1 fully saturated rings. The molecule has 22 heavy (non-hydrogen) atoms. The summed E-state index contributed by atoms with van der Waals surface area (Å²) in [5, 5.41) is 4.25. The van der Waals surface area contributed by atoms with Crippen LogP contribution < -0.4 is 5.73 Å². The maximum absolute atomic E-state index is 6.16. The van der Waals surface area contributed by atoms with E-state index in [0.717, 1.165) is 19.0 Å². The number of likely N-dealkylation sites (N-methyl/N-ethyl adjacent to an activating group) is 1. The highest BCUT2D eigenvalue weighted by Crippen LogP contribution is 2.19. The monoisotopic (exact) mass is 420 g/mol. The van der Waals surface area contributed by atoms with Crippen LogP contribution >= 0.6 is 24.0 Å². The molecule has 0 aliphatic carbocycles. The van der Waals surface area contributed by atoms with Gasteiger partial charge in [-0.1, -0.05) is 6.92 Å². The summed E-state index contributed by atoms with van der Waals surface area (Å²) in [6.07, 6.45) is 6.35. The summed E-state index contributed by atoms with van der Waals surface area (Å²) in [5.41, 5.74) is 7.33. The van der Waals surface area contributed by atoms with E-state index in [1.807, 2.05) is 24.1 Å². The fourth-order valence-corrected chi connectivity index (χ4v) is 2.70. The zero-order valence-electron chi connectivity index (χ0n) is 14.1. The number of aryl methyl sites for hydroxylation is 1. The van der Waals surface area contributed by atoms with E-state index in [4.69, 9.17) is 5.73 Å². The number of nitrogens with zero attached hydrogens (tertiary/aromatic N) is 5. The average Bonchev–Trinajstić information content (AvgIpc) is 2.85. The van der Waals surface area contributed by atoms with Gasteiger partial charge in [-0.2, -0.15) is 5.10 Å². The lowest BCUT2D eigenvalue weighted by Gasteiger charge is -2.31. The molecule has 0 spiro atoms. The predicted molar refractivity (Wildman–Crippen MR) is 102 cm³/mol. The Morgan fingerprint density at radius 3 is 2.59 bits per heavy atom. The second-order valence-electron chi connectivity index (χ2n) is 6.30. The van der Waals surface area contributed by atoms with E-state index in [1.54, 1.807) is 0 Å². The van der Waals surface area contributed by atoms with Crippen molar-refractivity contribution in [1.29, 1.82) is 0 Å². The van der Waals surface area contributed by atoms with Crippen molar-refractivity contribution in [2.45, 2.75) is 25.8 Å². The molecule has 0 saturated carbocycles. The SMILES string of the molecule is CC1CCN(C(N)=NCC(c2cnn(C)c2)N(C)C)CC1.I. The molecule has 2 N–H and O–H groups in total. The molecule has 7 heteroatoms. The maximum Gasteiger partial charge on any atom is 0.191 e. The second kappa shape index (κ2) is 8.71. The highest BCUT2D eigenvalue weighted by molar-refractivity contribution is 14.0. The number of nitrogens with two attached hydrogens (primary N) is 1. The summed E-state index contributed by atoms with van der Waals surface area (Å²) >= 11 is 0. The van der Waals surface area contributed by atoms with Crippen molar-refractivity contribution in [3.05, 3.63) is 18.0 Å². The van der Waals surface area contributed by atoms with Gasteiger partial charge < -0.3 is 15.5 Å². The molecule has 0 aromatic carbocycles. The zero-order chi connectivity index (χ0) is 15.4. The van der Waals surface area contributed by atoms with E-state index in [1.165, 1.54) is 18.4 Å². The molecule has 6 nitrogen and oxygen atoms in total. The van der Waals surface area contributed by atoms with Gasteiger partial charge in [0.15, 0.2) is 5.96 Å². The first kappa shape index (κ1) is 19.2. The van der Waals surface area contributed by atoms with E-state index >= 15 is 0 Å². The Balaban J connectivity index is 0.00000242. The number of piperidine rings is 1. The minimum absolute atomic E-state index is 0. The van der Waals surface area contributed by atoms with Gasteiger partial charge in [-0.3, -0.25) is 9.67 Å². The van der Waals surface area contributed by atoms with Gasteiger partial charge in [0.2, 0.25) is 0 Å². The standard InChI is InChI=1S/C15H28N6.HI/c1-12-5-7-21(8-6-12)15(16)17-10-14(19(2)3)13-9-18-20(4)11-13;/h9,11-12,14H,5-8,10H2,1-4H3,(H2,16,17);1H. The molecule has 1 saturated heterocycles. The number of halogens is 1. The molecule has 1 aliphatic rings. The van der Waals surface area contributed by atoms with Crippen LogP contribution in [0.1, 0.15) is 31.4 Å². The molecule has 1 aromatic rings. The average molecular weight is 420 g/mol. The normalized spacial score (nSPS) is 18.4. The third-order valence-corrected chi connectivity index (χ3v) is 4.27. The van der Waals surface area contributed by atoms with Gasteiger partial charge in [0.05, 0.1) is 18.8 Å². The van der Waals surface area contributed by atoms with Crippen molar-refractivity contribution in [2.24, 2.45) is 23.7 Å². The lowest BCUT2D eigenvalue weighted by Crippen LogP contribution is -2.42. The first-order valence-electron chi connectivity index (χ1n) is 7.67. The Morgan fingerprint density at radius 1 is 1.45 bits per heavy atom. The Kier molecular flexibility index (Phi) is 7.61. The number of guanidine groups is 1. The molecular weight excluding hydrogens is 391 g/mol. The summed E-state index contributed by atoms with van der Waals surface area (Å²) < 4.78 is 1.82. The number of hydrogen-bond acceptors (Lipinski definition) is 3. The van der Waals surface area contributed by atoms with Gasteiger partial charge in [0.25, 0.3) is 0 Å². The highest BCUT2D eigenvalue weighted by Gasteiger charge is 2.19. The molecule has 0 amide bonds. The van der Waals surface area contributed by atoms with Gasteiger partial charge in [0.1, 0.15) is 0 Å². The van der Waals surface area contributed by atoms with E-state index in [0.29, 0.717) is 12.5 Å². The Hall–Kier alpha value is -0.830. The first-order valence-corrected chi connectivity index (χ1v) is 7.67. The van der Waals surface area contributed by atoms with Gasteiger partial charge >= 0.3 is 0 Å². The summed E-state index contributed by atoms with van der Waals surface area (Å²) in [7, 11) is 6.06. The summed E-state index contributed by atoms with van der Waals surface area (Å²) in [6, 6.07) is 0.209. The highest BCUT2D eigenvalue weighted by atomic mass is 127. The summed E-state index contributed by atoms with van der Waals surface area (Å²) in [5.74, 6) is 1.48. The number of aromatic nitrogens is 2. The predicted octanol–water partition coefficient (Wildman–Crippen LogP) is 1.69. The summed E-state index contributed by atoms with van der Waals surface area (Å²) in [6.45, 7) is 5.01. The molecule has 1 aromatic heterocycles. The van der Waals surface area contributed by atoms with Crippen molar-refractivity contribution in [2.75, 3.05) is 33.7 Å². The van der Waals surface area contributed by atoms with E-state index in [-0.39, 0.29) is 30.0 Å². The molecule has 2 rings (SSSR count). The zero-order valence-corrected chi connectivity index (χ0v) is 16.4. The van der Waals surface area contributed by atoms with Crippen LogP contribution in [0.15, 0.2) is 17.4 Å². The van der Waals surface area contributed by atoms with Crippen LogP contribution in [-0.2, 0) is 7.05 Å². The van der Waals surface area contributed by atoms with Crippen molar-refractivity contribution < 1.29 is 0 Å². The molecule has 2 heterocycles. The van der Waals surface area contributed by atoms with Crippen molar-refractivity contribution in [3.8, 4) is 0 Å². The topological polar surface area (TPSA) is 62.7 Å². The van der Waals surface area contributed by atoms with Crippen LogP contribution in [0.2, 0.25) is 0 Å². The molecule has 0 radical (unpaired) electrons. The van der Waals surface area contributed by atoms with Crippen LogP contribution in [0.5, 0.6) is 0 Å². The van der Waals surface area contributed by atoms with Crippen molar-refractivity contribution in [1.82, 2.24) is 19.6 Å². The lowest BCUT2D eigenvalue weighted by atomic mass is 10.00. The lowest BCUT2D eigenvalue weighted by molar-refractivity contribution is 0.274. The van der Waals surface area contributed by atoms with E-state index in [2.05, 4.69) is 40.9 Å². The maximum atomic E-state index is 6.16. The molecule has 1 atom stereocenters. The molecule has 126 valence electrons. The third-order valence-electron chi connectivity index (χ3n) is 4.27. The van der Waals surface area contributed by atoms with Crippen molar-refractivity contribution >= 4 is 29.9 Å². The van der Waals surface area contributed by atoms with Gasteiger partial charge in [-0.15, -0.1) is 24.0 Å². The minimum Gasteiger partial charge on any atom is -0.370 e. The molecule has 1 unspecified atom stereocenters. The quantitative estimate of drug-likeness (QED) is 0.458. The van der Waals surface area contributed by atoms with E-state index < -0.39 is 0 Å². The smallest absolute Gasteiger partial charge is 0.191 e. The third kappa shape index (κ3) is 5.12. The van der Waals surface area contributed by atoms with Gasteiger partial charge in [-0.05, 0) is 32.9 Å². The second-order valence-corrected chi connectivity index (χ2v) is 6.30. The fraction of sp³-hybridized carbons (Fsp3) is 0.733. The minimum atomic E-state index is 0. The van der Waals surface area contributed by atoms with Crippen LogP contribution in [0.25, 0.3) is 0 Å². The number of aliphatic imine (C=N–C) groups is 1. The van der Waals surface area contributed by atoms with E-state index in [9.17, 15) is 0 Å². The largest absolute Gasteiger partial charge is 0.370 e. The number of likely N-dealkylation sites (tertiary alicyclic amines) is 1. The van der Waals surface area contributed by atoms with Crippen molar-refractivity contribution in [3.63, 3.8) is 0 Å². The number of rotatable bonds is 4. The number of hydrogen-bond donors (Lipinski definition) is 1.